The Hall–Kier alpha value is -0.0400. The first-order valence-corrected chi connectivity index (χ1v) is 4.94. The predicted molar refractivity (Wildman–Crippen MR) is 54.2 cm³/mol. The van der Waals surface area contributed by atoms with E-state index in [0.717, 1.165) is 6.42 Å². The lowest BCUT2D eigenvalue weighted by Crippen LogP contribution is -2.23. The van der Waals surface area contributed by atoms with Crippen molar-refractivity contribution in [3.8, 4) is 0 Å². The first-order chi connectivity index (χ1) is 5.33. The summed E-state index contributed by atoms with van der Waals surface area (Å²) in [4.78, 5) is 0. The summed E-state index contributed by atoms with van der Waals surface area (Å²) in [5, 5.41) is 8.87. The maximum absolute atomic E-state index is 8.87. The lowest BCUT2D eigenvalue weighted by Gasteiger charge is -2.34. The minimum Gasteiger partial charge on any atom is -0.396 e. The third-order valence-corrected chi connectivity index (χ3v) is 2.70. The predicted octanol–water partition coefficient (Wildman–Crippen LogP) is 3.22. The molecule has 0 aliphatic carbocycles. The molecular weight excluding hydrogens is 148 g/mol. The summed E-state index contributed by atoms with van der Waals surface area (Å²) in [7, 11) is 0. The summed E-state index contributed by atoms with van der Waals surface area (Å²) in [5.74, 6) is 0. The van der Waals surface area contributed by atoms with Crippen LogP contribution in [0.4, 0.5) is 0 Å². The Labute approximate surface area is 77.2 Å². The summed E-state index contributed by atoms with van der Waals surface area (Å²) < 4.78 is 0. The zero-order valence-electron chi connectivity index (χ0n) is 9.28. The van der Waals surface area contributed by atoms with Crippen molar-refractivity contribution in [3.63, 3.8) is 0 Å². The average Bonchev–Trinajstić information content (AvgIpc) is 1.85. The standard InChI is InChI=1S/C11H24O/c1-6-10(2,3)9-11(4,5)7-8-12/h12H,6-9H2,1-5H3. The SMILES string of the molecule is CCC(C)(C)CC(C)(C)CCO. The Morgan fingerprint density at radius 3 is 1.83 bits per heavy atom. The highest BCUT2D eigenvalue weighted by Gasteiger charge is 2.26. The van der Waals surface area contributed by atoms with Gasteiger partial charge in [-0.2, -0.15) is 0 Å². The van der Waals surface area contributed by atoms with E-state index in [0.29, 0.717) is 12.0 Å². The van der Waals surface area contributed by atoms with E-state index in [-0.39, 0.29) is 5.41 Å². The highest BCUT2D eigenvalue weighted by atomic mass is 16.3. The maximum atomic E-state index is 8.87. The molecule has 0 aromatic heterocycles. The molecule has 0 aromatic rings. The Morgan fingerprint density at radius 1 is 1.00 bits per heavy atom. The van der Waals surface area contributed by atoms with Crippen molar-refractivity contribution < 1.29 is 5.11 Å². The number of aliphatic hydroxyl groups is 1. The fraction of sp³-hybridized carbons (Fsp3) is 1.00. The minimum absolute atomic E-state index is 0.286. The second-order valence-electron chi connectivity index (χ2n) is 5.33. The molecule has 0 rings (SSSR count). The van der Waals surface area contributed by atoms with E-state index in [9.17, 15) is 0 Å². The van der Waals surface area contributed by atoms with E-state index in [1.54, 1.807) is 0 Å². The molecule has 0 fully saturated rings. The Balaban J connectivity index is 4.04. The van der Waals surface area contributed by atoms with E-state index in [1.807, 2.05) is 0 Å². The van der Waals surface area contributed by atoms with Crippen molar-refractivity contribution in [2.75, 3.05) is 6.61 Å². The van der Waals surface area contributed by atoms with Crippen LogP contribution in [0, 0.1) is 10.8 Å². The highest BCUT2D eigenvalue weighted by molar-refractivity contribution is 4.77. The van der Waals surface area contributed by atoms with Crippen molar-refractivity contribution in [1.82, 2.24) is 0 Å². The molecule has 0 amide bonds. The molecule has 1 N–H and O–H groups in total. The molecule has 1 heteroatoms. The van der Waals surface area contributed by atoms with Crippen LogP contribution in [0.3, 0.4) is 0 Å². The maximum Gasteiger partial charge on any atom is 0.0436 e. The molecule has 0 unspecified atom stereocenters. The van der Waals surface area contributed by atoms with Crippen LogP contribution in [-0.4, -0.2) is 11.7 Å². The van der Waals surface area contributed by atoms with Crippen molar-refractivity contribution in [1.29, 1.82) is 0 Å². The fourth-order valence-electron chi connectivity index (χ4n) is 1.81. The molecule has 0 bridgehead atoms. The topological polar surface area (TPSA) is 20.2 Å². The summed E-state index contributed by atoms with van der Waals surface area (Å²) in [5.41, 5.74) is 0.701. The molecule has 0 saturated carbocycles. The van der Waals surface area contributed by atoms with Crippen molar-refractivity contribution in [2.24, 2.45) is 10.8 Å². The van der Waals surface area contributed by atoms with Gasteiger partial charge in [0.25, 0.3) is 0 Å². The normalized spacial score (nSPS) is 13.5. The number of hydrogen-bond acceptors (Lipinski definition) is 1. The lowest BCUT2D eigenvalue weighted by atomic mass is 9.72. The molecule has 0 saturated heterocycles. The van der Waals surface area contributed by atoms with Crippen LogP contribution in [-0.2, 0) is 0 Å². The average molecular weight is 172 g/mol. The highest BCUT2D eigenvalue weighted by Crippen LogP contribution is 2.37. The van der Waals surface area contributed by atoms with Gasteiger partial charge in [0.2, 0.25) is 0 Å². The van der Waals surface area contributed by atoms with Crippen LogP contribution in [0.1, 0.15) is 53.9 Å². The van der Waals surface area contributed by atoms with E-state index in [1.165, 1.54) is 12.8 Å². The third-order valence-electron chi connectivity index (χ3n) is 2.70. The van der Waals surface area contributed by atoms with Gasteiger partial charge >= 0.3 is 0 Å². The Bertz CT molecular complexity index is 125. The summed E-state index contributed by atoms with van der Waals surface area (Å²) in [6.07, 6.45) is 3.31. The van der Waals surface area contributed by atoms with Gasteiger partial charge in [-0.1, -0.05) is 41.0 Å². The van der Waals surface area contributed by atoms with Gasteiger partial charge in [0.15, 0.2) is 0 Å². The minimum atomic E-state index is 0.286. The molecule has 1 nitrogen and oxygen atoms in total. The van der Waals surface area contributed by atoms with Crippen molar-refractivity contribution >= 4 is 0 Å². The monoisotopic (exact) mass is 172 g/mol. The van der Waals surface area contributed by atoms with Crippen LogP contribution in [0.2, 0.25) is 0 Å². The first-order valence-electron chi connectivity index (χ1n) is 4.94. The Morgan fingerprint density at radius 2 is 1.50 bits per heavy atom. The number of rotatable bonds is 5. The van der Waals surface area contributed by atoms with Gasteiger partial charge < -0.3 is 5.11 Å². The van der Waals surface area contributed by atoms with Gasteiger partial charge in [0.1, 0.15) is 0 Å². The van der Waals surface area contributed by atoms with Crippen LogP contribution in [0.5, 0.6) is 0 Å². The van der Waals surface area contributed by atoms with Crippen LogP contribution < -0.4 is 0 Å². The second-order valence-corrected chi connectivity index (χ2v) is 5.33. The summed E-state index contributed by atoms with van der Waals surface area (Å²) >= 11 is 0. The summed E-state index contributed by atoms with van der Waals surface area (Å²) in [6, 6.07) is 0. The zero-order valence-corrected chi connectivity index (χ0v) is 9.28. The molecule has 0 aliphatic rings. The van der Waals surface area contributed by atoms with Gasteiger partial charge in [-0.05, 0) is 23.7 Å². The fourth-order valence-corrected chi connectivity index (χ4v) is 1.81. The molecule has 74 valence electrons. The van der Waals surface area contributed by atoms with Gasteiger partial charge in [-0.25, -0.2) is 0 Å². The van der Waals surface area contributed by atoms with Gasteiger partial charge in [0.05, 0.1) is 0 Å². The summed E-state index contributed by atoms with van der Waals surface area (Å²) in [6.45, 7) is 11.6. The second kappa shape index (κ2) is 4.27. The van der Waals surface area contributed by atoms with Crippen LogP contribution >= 0.6 is 0 Å². The van der Waals surface area contributed by atoms with Crippen molar-refractivity contribution in [3.05, 3.63) is 0 Å². The van der Waals surface area contributed by atoms with Crippen molar-refractivity contribution in [2.45, 2.75) is 53.9 Å². The molecule has 0 aromatic carbocycles. The zero-order chi connectivity index (χ0) is 9.83. The molecular formula is C11H24O. The molecule has 12 heavy (non-hydrogen) atoms. The smallest absolute Gasteiger partial charge is 0.0436 e. The van der Waals surface area contributed by atoms with Crippen LogP contribution in [0.15, 0.2) is 0 Å². The lowest BCUT2D eigenvalue weighted by molar-refractivity contribution is 0.142. The molecule has 0 atom stereocenters. The van der Waals surface area contributed by atoms with E-state index < -0.39 is 0 Å². The largest absolute Gasteiger partial charge is 0.396 e. The molecule has 0 heterocycles. The third kappa shape index (κ3) is 4.76. The van der Waals surface area contributed by atoms with Gasteiger partial charge in [-0.3, -0.25) is 0 Å². The Kier molecular flexibility index (Phi) is 4.25. The molecule has 0 aliphatic heterocycles. The van der Waals surface area contributed by atoms with E-state index >= 15 is 0 Å². The van der Waals surface area contributed by atoms with Gasteiger partial charge in [-0.15, -0.1) is 0 Å². The first kappa shape index (κ1) is 12.0. The quantitative estimate of drug-likeness (QED) is 0.675. The van der Waals surface area contributed by atoms with Crippen LogP contribution in [0.25, 0.3) is 0 Å². The molecule has 0 spiro atoms. The molecule has 0 radical (unpaired) electrons. The van der Waals surface area contributed by atoms with E-state index in [2.05, 4.69) is 34.6 Å². The number of hydrogen-bond donors (Lipinski definition) is 1. The number of aliphatic hydroxyl groups excluding tert-OH is 1. The van der Waals surface area contributed by atoms with Gasteiger partial charge in [0, 0.05) is 6.61 Å². The van der Waals surface area contributed by atoms with E-state index in [4.69, 9.17) is 5.11 Å².